The molecule has 4 aromatic rings. The number of nitrogens with two attached hydrogens (primary N) is 1. The van der Waals surface area contributed by atoms with Crippen LogP contribution in [0, 0.1) is 0 Å². The quantitative estimate of drug-likeness (QED) is 0.442. The smallest absolute Gasteiger partial charge is 0.252 e. The second-order valence-corrected chi connectivity index (χ2v) is 8.13. The normalized spacial score (nSPS) is 10.9. The average Bonchev–Trinajstić information content (AvgIpc) is 3.26. The summed E-state index contributed by atoms with van der Waals surface area (Å²) >= 11 is 5.10. The predicted molar refractivity (Wildman–Crippen MR) is 118 cm³/mol. The van der Waals surface area contributed by atoms with Crippen molar-refractivity contribution < 1.29 is 4.79 Å². The van der Waals surface area contributed by atoms with E-state index < -0.39 is 0 Å². The van der Waals surface area contributed by atoms with E-state index in [2.05, 4.69) is 21.2 Å². The lowest BCUT2D eigenvalue weighted by Gasteiger charge is -2.11. The van der Waals surface area contributed by atoms with Gasteiger partial charge in [-0.2, -0.15) is 11.3 Å². The monoisotopic (exact) mass is 451 g/mol. The lowest BCUT2D eigenvalue weighted by Crippen LogP contribution is -2.23. The van der Waals surface area contributed by atoms with E-state index in [9.17, 15) is 4.79 Å². The summed E-state index contributed by atoms with van der Waals surface area (Å²) in [5, 5.41) is 7.89. The molecule has 6 heteroatoms. The van der Waals surface area contributed by atoms with E-state index in [0.29, 0.717) is 18.7 Å². The van der Waals surface area contributed by atoms with Crippen LogP contribution in [-0.4, -0.2) is 10.9 Å². The molecule has 0 fully saturated rings. The summed E-state index contributed by atoms with van der Waals surface area (Å²) in [6, 6.07) is 17.6. The Bertz CT molecular complexity index is 1120. The SMILES string of the molecule is NCc1ccc(CNC(=O)c2cc(-c3ccsc3)nc3ccc(Br)cc23)cc1. The van der Waals surface area contributed by atoms with Crippen molar-refractivity contribution in [2.24, 2.45) is 5.73 Å². The van der Waals surface area contributed by atoms with Gasteiger partial charge >= 0.3 is 0 Å². The highest BCUT2D eigenvalue weighted by molar-refractivity contribution is 9.10. The van der Waals surface area contributed by atoms with E-state index in [-0.39, 0.29) is 5.91 Å². The number of benzene rings is 2. The molecule has 0 atom stereocenters. The highest BCUT2D eigenvalue weighted by Crippen LogP contribution is 2.28. The van der Waals surface area contributed by atoms with Crippen molar-refractivity contribution in [2.75, 3.05) is 0 Å². The zero-order chi connectivity index (χ0) is 19.5. The minimum absolute atomic E-state index is 0.120. The van der Waals surface area contributed by atoms with Crippen molar-refractivity contribution in [2.45, 2.75) is 13.1 Å². The van der Waals surface area contributed by atoms with Gasteiger partial charge in [-0.05, 0) is 46.8 Å². The number of nitrogens with zero attached hydrogens (tertiary/aromatic N) is 1. The molecule has 0 aliphatic rings. The molecule has 0 saturated heterocycles. The molecule has 0 aliphatic carbocycles. The highest BCUT2D eigenvalue weighted by atomic mass is 79.9. The van der Waals surface area contributed by atoms with Gasteiger partial charge in [-0.1, -0.05) is 40.2 Å². The van der Waals surface area contributed by atoms with Gasteiger partial charge in [0.25, 0.3) is 5.91 Å². The third kappa shape index (κ3) is 3.99. The van der Waals surface area contributed by atoms with Crippen LogP contribution in [0.4, 0.5) is 0 Å². The number of carbonyl (C=O) groups excluding carboxylic acids is 1. The van der Waals surface area contributed by atoms with Crippen LogP contribution in [0.15, 0.2) is 69.8 Å². The molecule has 4 rings (SSSR count). The van der Waals surface area contributed by atoms with Crippen LogP contribution in [0.2, 0.25) is 0 Å². The largest absolute Gasteiger partial charge is 0.348 e. The van der Waals surface area contributed by atoms with Crippen LogP contribution >= 0.6 is 27.3 Å². The molecule has 2 aromatic heterocycles. The fraction of sp³-hybridized carbons (Fsp3) is 0.0909. The fourth-order valence-corrected chi connectivity index (χ4v) is 4.03. The van der Waals surface area contributed by atoms with E-state index in [1.54, 1.807) is 11.3 Å². The summed E-state index contributed by atoms with van der Waals surface area (Å²) < 4.78 is 0.913. The van der Waals surface area contributed by atoms with E-state index in [1.165, 1.54) is 0 Å². The first-order valence-corrected chi connectivity index (χ1v) is 10.6. The number of hydrogen-bond acceptors (Lipinski definition) is 4. The van der Waals surface area contributed by atoms with Gasteiger partial charge in [0, 0.05) is 33.9 Å². The number of fused-ring (bicyclic) bond motifs is 1. The number of nitrogens with one attached hydrogen (secondary N) is 1. The first-order chi connectivity index (χ1) is 13.6. The lowest BCUT2D eigenvalue weighted by molar-refractivity contribution is 0.0952. The van der Waals surface area contributed by atoms with Crippen molar-refractivity contribution in [1.82, 2.24) is 10.3 Å². The summed E-state index contributed by atoms with van der Waals surface area (Å²) in [6.45, 7) is 0.963. The first-order valence-electron chi connectivity index (χ1n) is 8.83. The van der Waals surface area contributed by atoms with Gasteiger partial charge in [0.05, 0.1) is 16.8 Å². The molecule has 0 saturated carbocycles. The van der Waals surface area contributed by atoms with Crippen molar-refractivity contribution >= 4 is 44.1 Å². The molecule has 0 aliphatic heterocycles. The predicted octanol–water partition coefficient (Wildman–Crippen LogP) is 5.11. The van der Waals surface area contributed by atoms with Crippen LogP contribution < -0.4 is 11.1 Å². The van der Waals surface area contributed by atoms with Crippen molar-refractivity contribution in [3.8, 4) is 11.3 Å². The Morgan fingerprint density at radius 2 is 1.86 bits per heavy atom. The van der Waals surface area contributed by atoms with Gasteiger partial charge in [0.1, 0.15) is 0 Å². The van der Waals surface area contributed by atoms with Crippen LogP contribution in [0.1, 0.15) is 21.5 Å². The average molecular weight is 452 g/mol. The second-order valence-electron chi connectivity index (χ2n) is 6.43. The second kappa shape index (κ2) is 8.22. The zero-order valence-corrected chi connectivity index (χ0v) is 17.4. The van der Waals surface area contributed by atoms with Crippen LogP contribution in [0.5, 0.6) is 0 Å². The molecule has 140 valence electrons. The molecule has 0 bridgehead atoms. The molecule has 1 amide bonds. The van der Waals surface area contributed by atoms with E-state index in [1.807, 2.05) is 65.4 Å². The lowest BCUT2D eigenvalue weighted by atomic mass is 10.0. The third-order valence-electron chi connectivity index (χ3n) is 4.54. The standard InChI is InChI=1S/C22H18BrN3OS/c23-17-5-6-20-18(9-17)19(10-21(26-20)16-7-8-28-13-16)22(27)25-12-15-3-1-14(11-24)2-4-15/h1-10,13H,11-12,24H2,(H,25,27). The van der Waals surface area contributed by atoms with Gasteiger partial charge in [0.2, 0.25) is 0 Å². The minimum Gasteiger partial charge on any atom is -0.348 e. The van der Waals surface area contributed by atoms with Crippen molar-refractivity contribution in [3.05, 3.63) is 86.5 Å². The molecule has 3 N–H and O–H groups in total. The van der Waals surface area contributed by atoms with Gasteiger partial charge < -0.3 is 11.1 Å². The third-order valence-corrected chi connectivity index (χ3v) is 5.72. The summed E-state index contributed by atoms with van der Waals surface area (Å²) in [7, 11) is 0. The summed E-state index contributed by atoms with van der Waals surface area (Å²) in [6.07, 6.45) is 0. The van der Waals surface area contributed by atoms with E-state index in [0.717, 1.165) is 37.8 Å². The Balaban J connectivity index is 1.67. The minimum atomic E-state index is -0.120. The molecule has 0 radical (unpaired) electrons. The Hall–Kier alpha value is -2.54. The molecule has 0 spiro atoms. The number of pyridine rings is 1. The van der Waals surface area contributed by atoms with Crippen LogP contribution in [-0.2, 0) is 13.1 Å². The molecular formula is C22H18BrN3OS. The molecule has 2 heterocycles. The maximum atomic E-state index is 13.0. The van der Waals surface area contributed by atoms with Crippen molar-refractivity contribution in [3.63, 3.8) is 0 Å². The Morgan fingerprint density at radius 1 is 1.07 bits per heavy atom. The number of aromatic nitrogens is 1. The van der Waals surface area contributed by atoms with E-state index >= 15 is 0 Å². The van der Waals surface area contributed by atoms with Crippen LogP contribution in [0.25, 0.3) is 22.2 Å². The zero-order valence-electron chi connectivity index (χ0n) is 15.0. The number of thiophene rings is 1. The molecule has 0 unspecified atom stereocenters. The highest BCUT2D eigenvalue weighted by Gasteiger charge is 2.14. The Kier molecular flexibility index (Phi) is 5.52. The molecule has 2 aromatic carbocycles. The Morgan fingerprint density at radius 3 is 2.57 bits per heavy atom. The van der Waals surface area contributed by atoms with Gasteiger partial charge in [-0.3, -0.25) is 4.79 Å². The van der Waals surface area contributed by atoms with Crippen molar-refractivity contribution in [1.29, 1.82) is 0 Å². The summed E-state index contributed by atoms with van der Waals surface area (Å²) in [5.74, 6) is -0.120. The summed E-state index contributed by atoms with van der Waals surface area (Å²) in [5.41, 5.74) is 11.0. The summed E-state index contributed by atoms with van der Waals surface area (Å²) in [4.78, 5) is 17.7. The number of halogens is 1. The molecule has 4 nitrogen and oxygen atoms in total. The number of rotatable bonds is 5. The maximum absolute atomic E-state index is 13.0. The molecule has 28 heavy (non-hydrogen) atoms. The Labute approximate surface area is 175 Å². The fourth-order valence-electron chi connectivity index (χ4n) is 3.01. The number of carbonyl (C=O) groups is 1. The maximum Gasteiger partial charge on any atom is 0.252 e. The topological polar surface area (TPSA) is 68.0 Å². The number of hydrogen-bond donors (Lipinski definition) is 2. The van der Waals surface area contributed by atoms with Crippen LogP contribution in [0.3, 0.4) is 0 Å². The van der Waals surface area contributed by atoms with Gasteiger partial charge in [-0.15, -0.1) is 0 Å². The van der Waals surface area contributed by atoms with E-state index in [4.69, 9.17) is 10.7 Å². The first kappa shape index (κ1) is 18.8. The number of amides is 1. The van der Waals surface area contributed by atoms with Gasteiger partial charge in [0.15, 0.2) is 0 Å². The molecular weight excluding hydrogens is 434 g/mol. The van der Waals surface area contributed by atoms with Gasteiger partial charge in [-0.25, -0.2) is 4.98 Å².